The van der Waals surface area contributed by atoms with Crippen LogP contribution in [-0.2, 0) is 0 Å². The van der Waals surface area contributed by atoms with E-state index >= 15 is 0 Å². The Bertz CT molecular complexity index is 819. The highest BCUT2D eigenvalue weighted by atomic mass is 16.6. The van der Waals surface area contributed by atoms with Crippen LogP contribution in [0.5, 0.6) is 11.5 Å². The zero-order valence-corrected chi connectivity index (χ0v) is 11.5. The molecule has 0 amide bonds. The van der Waals surface area contributed by atoms with Gasteiger partial charge in [-0.2, -0.15) is 0 Å². The molecule has 3 aromatic rings. The molecule has 0 N–H and O–H groups in total. The van der Waals surface area contributed by atoms with Gasteiger partial charge in [0.05, 0.1) is 0 Å². The van der Waals surface area contributed by atoms with E-state index in [0.29, 0.717) is 6.61 Å². The number of ether oxygens (including phenoxy) is 2. The molecule has 3 aromatic carbocycles. The van der Waals surface area contributed by atoms with Crippen molar-refractivity contribution in [1.29, 1.82) is 0 Å². The third-order valence-electron chi connectivity index (χ3n) is 3.55. The Morgan fingerprint density at radius 3 is 2.19 bits per heavy atom. The van der Waals surface area contributed by atoms with E-state index in [2.05, 4.69) is 12.1 Å². The van der Waals surface area contributed by atoms with Gasteiger partial charge in [-0.1, -0.05) is 54.6 Å². The minimum Gasteiger partial charge on any atom is -0.482 e. The lowest BCUT2D eigenvalue weighted by Crippen LogP contribution is -2.13. The largest absolute Gasteiger partial charge is 0.482 e. The first-order valence-electron chi connectivity index (χ1n) is 6.97. The highest BCUT2D eigenvalue weighted by molar-refractivity contribution is 5.86. The van der Waals surface area contributed by atoms with Crippen molar-refractivity contribution < 1.29 is 9.47 Å². The first-order chi connectivity index (χ1) is 10.4. The van der Waals surface area contributed by atoms with Crippen LogP contribution in [0.4, 0.5) is 0 Å². The van der Waals surface area contributed by atoms with E-state index in [1.807, 2.05) is 60.7 Å². The third kappa shape index (κ3) is 2.36. The van der Waals surface area contributed by atoms with E-state index in [4.69, 9.17) is 9.47 Å². The maximum atomic E-state index is 5.98. The average Bonchev–Trinajstić information content (AvgIpc) is 2.54. The number of rotatable bonds is 1. The molecule has 0 aromatic heterocycles. The normalized spacial score (nSPS) is 15.3. The molecule has 0 spiro atoms. The molecule has 1 aliphatic rings. The second-order valence-electron chi connectivity index (χ2n) is 5.06. The fourth-order valence-electron chi connectivity index (χ4n) is 2.52. The van der Waals surface area contributed by atoms with Crippen LogP contribution in [0.2, 0.25) is 0 Å². The molecule has 0 atom stereocenters. The van der Waals surface area contributed by atoms with Gasteiger partial charge < -0.3 is 9.47 Å². The number of hydrogen-bond donors (Lipinski definition) is 0. The van der Waals surface area contributed by atoms with E-state index in [0.717, 1.165) is 33.6 Å². The van der Waals surface area contributed by atoms with Gasteiger partial charge in [-0.05, 0) is 34.5 Å². The average molecular weight is 274 g/mol. The van der Waals surface area contributed by atoms with Crippen LogP contribution >= 0.6 is 0 Å². The summed E-state index contributed by atoms with van der Waals surface area (Å²) in [6.45, 7) is 0.459. The molecular weight excluding hydrogens is 260 g/mol. The van der Waals surface area contributed by atoms with Crippen molar-refractivity contribution in [2.45, 2.75) is 0 Å². The SMILES string of the molecule is C(=C1\COc2cc3ccccc3cc2O1)/c1ccccc1. The number of benzene rings is 3. The van der Waals surface area contributed by atoms with Crippen LogP contribution in [0.1, 0.15) is 5.56 Å². The van der Waals surface area contributed by atoms with E-state index in [-0.39, 0.29) is 0 Å². The van der Waals surface area contributed by atoms with E-state index in [9.17, 15) is 0 Å². The van der Waals surface area contributed by atoms with E-state index in [1.54, 1.807) is 0 Å². The molecule has 0 saturated heterocycles. The molecule has 0 aliphatic carbocycles. The summed E-state index contributed by atoms with van der Waals surface area (Å²) in [5.74, 6) is 2.41. The van der Waals surface area contributed by atoms with Crippen molar-refractivity contribution in [3.8, 4) is 11.5 Å². The molecule has 21 heavy (non-hydrogen) atoms. The molecule has 0 bridgehead atoms. The summed E-state index contributed by atoms with van der Waals surface area (Å²) in [5.41, 5.74) is 1.11. The first kappa shape index (κ1) is 12.0. The summed E-state index contributed by atoms with van der Waals surface area (Å²) in [5, 5.41) is 2.32. The molecule has 102 valence electrons. The Labute approximate surface area is 123 Å². The Morgan fingerprint density at radius 1 is 0.762 bits per heavy atom. The van der Waals surface area contributed by atoms with Gasteiger partial charge in [-0.25, -0.2) is 0 Å². The van der Waals surface area contributed by atoms with Crippen LogP contribution in [0, 0.1) is 0 Å². The lowest BCUT2D eigenvalue weighted by Gasteiger charge is -2.21. The Balaban J connectivity index is 1.71. The molecule has 1 heterocycles. The minimum absolute atomic E-state index is 0.459. The van der Waals surface area contributed by atoms with Gasteiger partial charge in [0.2, 0.25) is 0 Å². The molecule has 1 aliphatic heterocycles. The summed E-state index contributed by atoms with van der Waals surface area (Å²) in [6.07, 6.45) is 2.01. The maximum absolute atomic E-state index is 5.98. The summed E-state index contributed by atoms with van der Waals surface area (Å²) < 4.78 is 11.8. The minimum atomic E-state index is 0.459. The van der Waals surface area contributed by atoms with Gasteiger partial charge in [0.25, 0.3) is 0 Å². The predicted molar refractivity (Wildman–Crippen MR) is 84.5 cm³/mol. The fraction of sp³-hybridized carbons (Fsp3) is 0.0526. The molecule has 0 saturated carbocycles. The summed E-state index contributed by atoms with van der Waals surface area (Å²) in [4.78, 5) is 0. The lowest BCUT2D eigenvalue weighted by atomic mass is 10.1. The van der Waals surface area contributed by atoms with Crippen LogP contribution < -0.4 is 9.47 Å². The van der Waals surface area contributed by atoms with Gasteiger partial charge in [0.1, 0.15) is 12.4 Å². The van der Waals surface area contributed by atoms with Crippen molar-refractivity contribution in [2.24, 2.45) is 0 Å². The zero-order valence-electron chi connectivity index (χ0n) is 11.5. The molecule has 2 heteroatoms. The third-order valence-corrected chi connectivity index (χ3v) is 3.55. The van der Waals surface area contributed by atoms with Crippen LogP contribution in [0.15, 0.2) is 72.5 Å². The second kappa shape index (κ2) is 4.98. The van der Waals surface area contributed by atoms with Crippen LogP contribution in [0.3, 0.4) is 0 Å². The summed E-state index contributed by atoms with van der Waals surface area (Å²) in [7, 11) is 0. The molecule has 2 nitrogen and oxygen atoms in total. The van der Waals surface area contributed by atoms with Gasteiger partial charge >= 0.3 is 0 Å². The Morgan fingerprint density at radius 2 is 1.43 bits per heavy atom. The van der Waals surface area contributed by atoms with Crippen molar-refractivity contribution >= 4 is 16.8 Å². The van der Waals surface area contributed by atoms with Gasteiger partial charge in [-0.15, -0.1) is 0 Å². The standard InChI is InChI=1S/C19H14O2/c1-2-6-14(7-3-1)10-17-13-20-18-11-15-8-4-5-9-16(15)12-19(18)21-17/h1-12H,13H2/b17-10-. The van der Waals surface area contributed by atoms with Gasteiger partial charge in [0, 0.05) is 0 Å². The van der Waals surface area contributed by atoms with Crippen molar-refractivity contribution in [2.75, 3.05) is 6.61 Å². The Hall–Kier alpha value is -2.74. The highest BCUT2D eigenvalue weighted by Gasteiger charge is 2.16. The number of fused-ring (bicyclic) bond motifs is 2. The topological polar surface area (TPSA) is 18.5 Å². The molecule has 0 fully saturated rings. The molecule has 0 unspecified atom stereocenters. The zero-order chi connectivity index (χ0) is 14.1. The van der Waals surface area contributed by atoms with E-state index in [1.165, 1.54) is 0 Å². The van der Waals surface area contributed by atoms with Gasteiger partial charge in [0.15, 0.2) is 11.5 Å². The van der Waals surface area contributed by atoms with Crippen molar-refractivity contribution in [3.05, 3.63) is 78.1 Å². The highest BCUT2D eigenvalue weighted by Crippen LogP contribution is 2.36. The quantitative estimate of drug-likeness (QED) is 0.643. The molecular formula is C19H14O2. The van der Waals surface area contributed by atoms with Crippen LogP contribution in [-0.4, -0.2) is 6.61 Å². The van der Waals surface area contributed by atoms with Crippen LogP contribution in [0.25, 0.3) is 16.8 Å². The molecule has 4 rings (SSSR count). The number of hydrogen-bond acceptors (Lipinski definition) is 2. The predicted octanol–water partition coefficient (Wildman–Crippen LogP) is 4.65. The smallest absolute Gasteiger partial charge is 0.169 e. The first-order valence-corrected chi connectivity index (χ1v) is 6.97. The van der Waals surface area contributed by atoms with E-state index < -0.39 is 0 Å². The Kier molecular flexibility index (Phi) is 2.86. The lowest BCUT2D eigenvalue weighted by molar-refractivity contribution is 0.235. The van der Waals surface area contributed by atoms with Crippen molar-refractivity contribution in [1.82, 2.24) is 0 Å². The summed E-state index contributed by atoms with van der Waals surface area (Å²) >= 11 is 0. The second-order valence-corrected chi connectivity index (χ2v) is 5.06. The summed E-state index contributed by atoms with van der Waals surface area (Å²) in [6, 6.07) is 22.4. The molecule has 0 radical (unpaired) electrons. The maximum Gasteiger partial charge on any atom is 0.169 e. The monoisotopic (exact) mass is 274 g/mol. The van der Waals surface area contributed by atoms with Crippen molar-refractivity contribution in [3.63, 3.8) is 0 Å². The van der Waals surface area contributed by atoms with Gasteiger partial charge in [-0.3, -0.25) is 0 Å². The fourth-order valence-corrected chi connectivity index (χ4v) is 2.52.